The molecule has 6 heteroatoms. The van der Waals surface area contributed by atoms with E-state index in [4.69, 9.17) is 10.5 Å². The molecule has 0 aliphatic heterocycles. The van der Waals surface area contributed by atoms with Crippen molar-refractivity contribution in [2.24, 2.45) is 5.73 Å². The number of nitrogens with two attached hydrogens (primary N) is 1. The third-order valence-electron chi connectivity index (χ3n) is 3.69. The SMILES string of the molecule is CCn1c([C@@H](N)CCCNC(=O)OC(C)(C)C)nc2ccccc21. The average Bonchev–Trinajstić information content (AvgIpc) is 2.88. The number of hydrogen-bond donors (Lipinski definition) is 2. The molecule has 1 aromatic carbocycles. The molecular formula is C18H28N4O2. The molecule has 0 bridgehead atoms. The molecule has 0 saturated carbocycles. The van der Waals surface area contributed by atoms with Gasteiger partial charge in [-0.2, -0.15) is 0 Å². The van der Waals surface area contributed by atoms with Crippen LogP contribution in [0.15, 0.2) is 24.3 Å². The standard InChI is InChI=1S/C18H28N4O2/c1-5-22-15-11-7-6-10-14(15)21-16(22)13(19)9-8-12-20-17(23)24-18(2,3)4/h6-7,10-11,13H,5,8-9,12,19H2,1-4H3,(H,20,23)/t13-/m0/s1. The van der Waals surface area contributed by atoms with E-state index in [0.29, 0.717) is 6.54 Å². The topological polar surface area (TPSA) is 82.2 Å². The Hall–Kier alpha value is -2.08. The second kappa shape index (κ2) is 7.66. The van der Waals surface area contributed by atoms with Crippen molar-refractivity contribution in [3.63, 3.8) is 0 Å². The molecule has 24 heavy (non-hydrogen) atoms. The normalized spacial score (nSPS) is 13.0. The maximum Gasteiger partial charge on any atom is 0.407 e. The van der Waals surface area contributed by atoms with Gasteiger partial charge in [-0.25, -0.2) is 9.78 Å². The summed E-state index contributed by atoms with van der Waals surface area (Å²) in [5, 5.41) is 2.76. The minimum Gasteiger partial charge on any atom is -0.444 e. The van der Waals surface area contributed by atoms with Crippen LogP contribution in [0.3, 0.4) is 0 Å². The van der Waals surface area contributed by atoms with Gasteiger partial charge in [-0.3, -0.25) is 0 Å². The molecular weight excluding hydrogens is 304 g/mol. The lowest BCUT2D eigenvalue weighted by Crippen LogP contribution is -2.33. The predicted molar refractivity (Wildman–Crippen MR) is 95.8 cm³/mol. The summed E-state index contributed by atoms with van der Waals surface area (Å²) in [5.41, 5.74) is 7.92. The summed E-state index contributed by atoms with van der Waals surface area (Å²) in [6.07, 6.45) is 1.13. The molecule has 1 atom stereocenters. The molecule has 0 saturated heterocycles. The molecule has 1 amide bonds. The Bertz CT molecular complexity index is 688. The number of fused-ring (bicyclic) bond motifs is 1. The lowest BCUT2D eigenvalue weighted by atomic mass is 10.1. The van der Waals surface area contributed by atoms with Crippen molar-refractivity contribution in [1.82, 2.24) is 14.9 Å². The van der Waals surface area contributed by atoms with E-state index in [9.17, 15) is 4.79 Å². The average molecular weight is 332 g/mol. The van der Waals surface area contributed by atoms with Crippen molar-refractivity contribution in [2.75, 3.05) is 6.54 Å². The zero-order valence-corrected chi connectivity index (χ0v) is 15.0. The molecule has 3 N–H and O–H groups in total. The summed E-state index contributed by atoms with van der Waals surface area (Å²) in [5.74, 6) is 0.899. The number of nitrogens with one attached hydrogen (secondary N) is 1. The quantitative estimate of drug-likeness (QED) is 0.795. The van der Waals surface area contributed by atoms with Gasteiger partial charge in [-0.1, -0.05) is 12.1 Å². The molecule has 0 fully saturated rings. The number of ether oxygens (including phenoxy) is 1. The van der Waals surface area contributed by atoms with Gasteiger partial charge in [0, 0.05) is 13.1 Å². The third kappa shape index (κ3) is 4.71. The summed E-state index contributed by atoms with van der Waals surface area (Å²) in [6.45, 7) is 9.00. The lowest BCUT2D eigenvalue weighted by Gasteiger charge is -2.20. The van der Waals surface area contributed by atoms with E-state index >= 15 is 0 Å². The van der Waals surface area contributed by atoms with E-state index in [1.54, 1.807) is 0 Å². The van der Waals surface area contributed by atoms with Gasteiger partial charge in [-0.05, 0) is 52.7 Å². The number of nitrogens with zero attached hydrogens (tertiary/aromatic N) is 2. The van der Waals surface area contributed by atoms with Gasteiger partial charge >= 0.3 is 6.09 Å². The molecule has 2 aromatic rings. The van der Waals surface area contributed by atoms with Crippen LogP contribution in [0.25, 0.3) is 11.0 Å². The first-order chi connectivity index (χ1) is 11.3. The van der Waals surface area contributed by atoms with Crippen LogP contribution >= 0.6 is 0 Å². The molecule has 2 rings (SSSR count). The summed E-state index contributed by atoms with van der Waals surface area (Å²) in [4.78, 5) is 16.3. The van der Waals surface area contributed by atoms with E-state index in [1.165, 1.54) is 0 Å². The monoisotopic (exact) mass is 332 g/mol. The second-order valence-corrected chi connectivity index (χ2v) is 6.88. The maximum atomic E-state index is 11.6. The number of carbonyl (C=O) groups is 1. The number of aromatic nitrogens is 2. The lowest BCUT2D eigenvalue weighted by molar-refractivity contribution is 0.0526. The first-order valence-electron chi connectivity index (χ1n) is 8.49. The van der Waals surface area contributed by atoms with E-state index in [2.05, 4.69) is 27.9 Å². The highest BCUT2D eigenvalue weighted by atomic mass is 16.6. The van der Waals surface area contributed by atoms with E-state index in [-0.39, 0.29) is 6.04 Å². The summed E-state index contributed by atoms with van der Waals surface area (Å²) < 4.78 is 7.36. The van der Waals surface area contributed by atoms with E-state index in [1.807, 2.05) is 39.0 Å². The number of rotatable bonds is 6. The van der Waals surface area contributed by atoms with Crippen molar-refractivity contribution in [2.45, 2.75) is 58.7 Å². The number of benzene rings is 1. The molecule has 0 radical (unpaired) electrons. The zero-order valence-electron chi connectivity index (χ0n) is 15.0. The molecule has 1 aromatic heterocycles. The van der Waals surface area contributed by atoms with Crippen LogP contribution in [-0.4, -0.2) is 27.8 Å². The highest BCUT2D eigenvalue weighted by Gasteiger charge is 2.17. The third-order valence-corrected chi connectivity index (χ3v) is 3.69. The van der Waals surface area contributed by atoms with Gasteiger partial charge in [0.05, 0.1) is 17.1 Å². The Morgan fingerprint density at radius 3 is 2.75 bits per heavy atom. The fourth-order valence-electron chi connectivity index (χ4n) is 2.67. The van der Waals surface area contributed by atoms with Crippen LogP contribution in [0.1, 0.15) is 52.4 Å². The Balaban J connectivity index is 1.89. The second-order valence-electron chi connectivity index (χ2n) is 6.88. The van der Waals surface area contributed by atoms with Gasteiger partial charge in [-0.15, -0.1) is 0 Å². The predicted octanol–water partition coefficient (Wildman–Crippen LogP) is 3.36. The highest BCUT2D eigenvalue weighted by Crippen LogP contribution is 2.22. The minimum atomic E-state index is -0.480. The fraction of sp³-hybridized carbons (Fsp3) is 0.556. The molecule has 0 aliphatic rings. The largest absolute Gasteiger partial charge is 0.444 e. The smallest absolute Gasteiger partial charge is 0.407 e. The molecule has 0 aliphatic carbocycles. The Kier molecular flexibility index (Phi) is 5.83. The molecule has 0 unspecified atom stereocenters. The number of alkyl carbamates (subject to hydrolysis) is 1. The molecule has 1 heterocycles. The van der Waals surface area contributed by atoms with Crippen LogP contribution in [-0.2, 0) is 11.3 Å². The van der Waals surface area contributed by atoms with Gasteiger partial charge in [0.1, 0.15) is 11.4 Å². The minimum absolute atomic E-state index is 0.155. The van der Waals surface area contributed by atoms with Crippen molar-refractivity contribution in [1.29, 1.82) is 0 Å². The zero-order chi connectivity index (χ0) is 17.7. The van der Waals surface area contributed by atoms with Crippen molar-refractivity contribution >= 4 is 17.1 Å². The van der Waals surface area contributed by atoms with E-state index < -0.39 is 11.7 Å². The van der Waals surface area contributed by atoms with Crippen LogP contribution < -0.4 is 11.1 Å². The number of hydrogen-bond acceptors (Lipinski definition) is 4. The van der Waals surface area contributed by atoms with Crippen LogP contribution in [0.4, 0.5) is 4.79 Å². The van der Waals surface area contributed by atoms with Crippen molar-refractivity contribution in [3.05, 3.63) is 30.1 Å². The first-order valence-corrected chi connectivity index (χ1v) is 8.49. The molecule has 6 nitrogen and oxygen atoms in total. The van der Waals surface area contributed by atoms with E-state index in [0.717, 1.165) is 36.2 Å². The Labute approximate surface area is 143 Å². The van der Waals surface area contributed by atoms with Crippen molar-refractivity contribution < 1.29 is 9.53 Å². The summed E-state index contributed by atoms with van der Waals surface area (Å²) in [7, 11) is 0. The van der Waals surface area contributed by atoms with Gasteiger partial charge in [0.25, 0.3) is 0 Å². The maximum absolute atomic E-state index is 11.6. The summed E-state index contributed by atoms with van der Waals surface area (Å²) >= 11 is 0. The Morgan fingerprint density at radius 1 is 1.38 bits per heavy atom. The molecule has 132 valence electrons. The van der Waals surface area contributed by atoms with Crippen LogP contribution in [0, 0.1) is 0 Å². The number of aryl methyl sites for hydroxylation is 1. The number of imidazole rings is 1. The first kappa shape index (κ1) is 18.3. The van der Waals surface area contributed by atoms with Crippen LogP contribution in [0.5, 0.6) is 0 Å². The number of amides is 1. The number of para-hydroxylation sites is 2. The van der Waals surface area contributed by atoms with Crippen molar-refractivity contribution in [3.8, 4) is 0 Å². The van der Waals surface area contributed by atoms with Gasteiger partial charge in [0.15, 0.2) is 0 Å². The summed E-state index contributed by atoms with van der Waals surface area (Å²) in [6, 6.07) is 7.90. The van der Waals surface area contributed by atoms with Crippen LogP contribution in [0.2, 0.25) is 0 Å². The highest BCUT2D eigenvalue weighted by molar-refractivity contribution is 5.76. The Morgan fingerprint density at radius 2 is 2.08 bits per heavy atom. The van der Waals surface area contributed by atoms with Gasteiger partial charge in [0.2, 0.25) is 0 Å². The fourth-order valence-corrected chi connectivity index (χ4v) is 2.67. The molecule has 0 spiro atoms. The number of carbonyl (C=O) groups excluding carboxylic acids is 1. The van der Waals surface area contributed by atoms with Gasteiger partial charge < -0.3 is 20.4 Å².